The summed E-state index contributed by atoms with van der Waals surface area (Å²) in [7, 11) is 0. The van der Waals surface area contributed by atoms with Crippen molar-refractivity contribution >= 4 is 33.2 Å². The molecule has 0 radical (unpaired) electrons. The third-order valence-electron chi connectivity index (χ3n) is 3.95. The average molecular weight is 377 g/mol. The number of halogens is 2. The van der Waals surface area contributed by atoms with Gasteiger partial charge in [-0.25, -0.2) is 0 Å². The van der Waals surface area contributed by atoms with E-state index in [0.29, 0.717) is 24.3 Å². The topological polar surface area (TPSA) is 41.5 Å². The molecule has 1 atom stereocenters. The van der Waals surface area contributed by atoms with E-state index in [-0.39, 0.29) is 0 Å². The average Bonchev–Trinajstić information content (AvgIpc) is 2.46. The standard InChI is InChI=1S/C16H23BrClNO2/c1-11-2-5-14(6-3-11)21-10-13(20)9-19-16-7-4-12(17)8-15(16)18/h4,7-8,11,13-14,19-20H,2-3,5-6,9-10H2,1H3. The lowest BCUT2D eigenvalue weighted by Crippen LogP contribution is -2.29. The number of aliphatic hydroxyl groups excluding tert-OH is 1. The Labute approximate surface area is 140 Å². The zero-order chi connectivity index (χ0) is 15.2. The van der Waals surface area contributed by atoms with Crippen molar-refractivity contribution in [3.8, 4) is 0 Å². The third-order valence-corrected chi connectivity index (χ3v) is 4.75. The Morgan fingerprint density at radius 2 is 2.10 bits per heavy atom. The van der Waals surface area contributed by atoms with E-state index in [9.17, 15) is 5.11 Å². The first-order valence-corrected chi connectivity index (χ1v) is 8.70. The van der Waals surface area contributed by atoms with Crippen molar-refractivity contribution in [2.75, 3.05) is 18.5 Å². The van der Waals surface area contributed by atoms with Crippen LogP contribution in [0.3, 0.4) is 0 Å². The van der Waals surface area contributed by atoms with Gasteiger partial charge in [-0.15, -0.1) is 0 Å². The quantitative estimate of drug-likeness (QED) is 0.769. The summed E-state index contributed by atoms with van der Waals surface area (Å²) in [6.07, 6.45) is 4.47. The van der Waals surface area contributed by atoms with Crippen LogP contribution in [-0.2, 0) is 4.74 Å². The minimum atomic E-state index is -0.524. The van der Waals surface area contributed by atoms with Gasteiger partial charge in [0, 0.05) is 11.0 Å². The molecule has 0 bridgehead atoms. The molecule has 0 spiro atoms. The van der Waals surface area contributed by atoms with E-state index < -0.39 is 6.10 Å². The second-order valence-corrected chi connectivity index (χ2v) is 7.20. The highest BCUT2D eigenvalue weighted by Crippen LogP contribution is 2.26. The second kappa shape index (κ2) is 8.37. The number of ether oxygens (including phenoxy) is 1. The molecule has 0 aliphatic heterocycles. The summed E-state index contributed by atoms with van der Waals surface area (Å²) >= 11 is 9.49. The largest absolute Gasteiger partial charge is 0.389 e. The van der Waals surface area contributed by atoms with Gasteiger partial charge >= 0.3 is 0 Å². The van der Waals surface area contributed by atoms with Gasteiger partial charge in [0.1, 0.15) is 0 Å². The summed E-state index contributed by atoms with van der Waals surface area (Å²) in [5.74, 6) is 0.816. The molecule has 1 aliphatic carbocycles. The summed E-state index contributed by atoms with van der Waals surface area (Å²) in [6, 6.07) is 5.64. The Hall–Kier alpha value is -0.290. The Morgan fingerprint density at radius 3 is 2.76 bits per heavy atom. The molecule has 118 valence electrons. The molecule has 1 aromatic carbocycles. The van der Waals surface area contributed by atoms with Crippen LogP contribution >= 0.6 is 27.5 Å². The molecule has 1 saturated carbocycles. The van der Waals surface area contributed by atoms with Gasteiger partial charge in [-0.3, -0.25) is 0 Å². The lowest BCUT2D eigenvalue weighted by Gasteiger charge is -2.27. The maximum Gasteiger partial charge on any atom is 0.0945 e. The fourth-order valence-corrected chi connectivity index (χ4v) is 3.30. The van der Waals surface area contributed by atoms with Gasteiger partial charge in [0.05, 0.1) is 29.5 Å². The van der Waals surface area contributed by atoms with Crippen molar-refractivity contribution < 1.29 is 9.84 Å². The third kappa shape index (κ3) is 5.78. The first kappa shape index (κ1) is 17.1. The molecule has 0 amide bonds. The van der Waals surface area contributed by atoms with Crippen LogP contribution in [0.2, 0.25) is 5.02 Å². The molecule has 1 aliphatic rings. The number of nitrogens with one attached hydrogen (secondary N) is 1. The Morgan fingerprint density at radius 1 is 1.38 bits per heavy atom. The van der Waals surface area contributed by atoms with Crippen molar-refractivity contribution in [1.29, 1.82) is 0 Å². The molecule has 0 aromatic heterocycles. The molecule has 3 nitrogen and oxygen atoms in total. The monoisotopic (exact) mass is 375 g/mol. The van der Waals surface area contributed by atoms with Crippen molar-refractivity contribution in [3.05, 3.63) is 27.7 Å². The van der Waals surface area contributed by atoms with Gasteiger partial charge in [-0.1, -0.05) is 34.5 Å². The maximum absolute atomic E-state index is 10.00. The van der Waals surface area contributed by atoms with Crippen LogP contribution in [-0.4, -0.2) is 30.5 Å². The summed E-state index contributed by atoms with van der Waals surface area (Å²) in [4.78, 5) is 0. The van der Waals surface area contributed by atoms with E-state index >= 15 is 0 Å². The molecule has 2 rings (SSSR count). The number of hydrogen-bond acceptors (Lipinski definition) is 3. The van der Waals surface area contributed by atoms with E-state index in [1.165, 1.54) is 12.8 Å². The molecule has 21 heavy (non-hydrogen) atoms. The van der Waals surface area contributed by atoms with Crippen molar-refractivity contribution in [2.45, 2.75) is 44.8 Å². The smallest absolute Gasteiger partial charge is 0.0945 e. The predicted molar refractivity (Wildman–Crippen MR) is 91.0 cm³/mol. The minimum Gasteiger partial charge on any atom is -0.389 e. The highest BCUT2D eigenvalue weighted by atomic mass is 79.9. The van der Waals surface area contributed by atoms with E-state index in [1.807, 2.05) is 18.2 Å². The SMILES string of the molecule is CC1CCC(OCC(O)CNc2ccc(Br)cc2Cl)CC1. The lowest BCUT2D eigenvalue weighted by atomic mass is 9.89. The van der Waals surface area contributed by atoms with Gasteiger partial charge in [-0.2, -0.15) is 0 Å². The van der Waals surface area contributed by atoms with Gasteiger partial charge in [0.25, 0.3) is 0 Å². The van der Waals surface area contributed by atoms with Crippen LogP contribution < -0.4 is 5.32 Å². The maximum atomic E-state index is 10.00. The molecular formula is C16H23BrClNO2. The molecule has 1 aromatic rings. The number of anilines is 1. The molecule has 2 N–H and O–H groups in total. The molecule has 5 heteroatoms. The van der Waals surface area contributed by atoms with Gasteiger partial charge < -0.3 is 15.2 Å². The van der Waals surface area contributed by atoms with Gasteiger partial charge in [0.2, 0.25) is 0 Å². The summed E-state index contributed by atoms with van der Waals surface area (Å²) < 4.78 is 6.74. The van der Waals surface area contributed by atoms with Crippen LogP contribution in [0, 0.1) is 5.92 Å². The Bertz CT molecular complexity index is 450. The minimum absolute atomic E-state index is 0.312. The van der Waals surface area contributed by atoms with Crippen LogP contribution in [0.5, 0.6) is 0 Å². The van der Waals surface area contributed by atoms with Crippen LogP contribution in [0.4, 0.5) is 5.69 Å². The highest BCUT2D eigenvalue weighted by Gasteiger charge is 2.19. The van der Waals surface area contributed by atoms with Crippen molar-refractivity contribution in [1.82, 2.24) is 0 Å². The van der Waals surface area contributed by atoms with E-state index in [0.717, 1.165) is 28.9 Å². The number of hydrogen-bond donors (Lipinski definition) is 2. The predicted octanol–water partition coefficient (Wildman–Crippen LogP) is 4.47. The van der Waals surface area contributed by atoms with E-state index in [4.69, 9.17) is 16.3 Å². The van der Waals surface area contributed by atoms with Gasteiger partial charge in [0.15, 0.2) is 0 Å². The number of benzene rings is 1. The first-order valence-electron chi connectivity index (χ1n) is 7.53. The normalized spacial score (nSPS) is 23.8. The van der Waals surface area contributed by atoms with E-state index in [1.54, 1.807) is 0 Å². The lowest BCUT2D eigenvalue weighted by molar-refractivity contribution is -0.0245. The zero-order valence-corrected chi connectivity index (χ0v) is 14.7. The highest BCUT2D eigenvalue weighted by molar-refractivity contribution is 9.10. The van der Waals surface area contributed by atoms with Crippen LogP contribution in [0.15, 0.2) is 22.7 Å². The Kier molecular flexibility index (Phi) is 6.80. The molecule has 0 heterocycles. The Balaban J connectivity index is 1.68. The number of rotatable bonds is 6. The van der Waals surface area contributed by atoms with E-state index in [2.05, 4.69) is 28.2 Å². The summed E-state index contributed by atoms with van der Waals surface area (Å²) in [5, 5.41) is 13.8. The fraction of sp³-hybridized carbons (Fsp3) is 0.625. The molecular weight excluding hydrogens is 354 g/mol. The summed E-state index contributed by atoms with van der Waals surface area (Å²) in [5.41, 5.74) is 0.824. The molecule has 0 saturated heterocycles. The number of aliphatic hydroxyl groups is 1. The van der Waals surface area contributed by atoms with Crippen molar-refractivity contribution in [2.24, 2.45) is 5.92 Å². The first-order chi connectivity index (χ1) is 10.0. The summed E-state index contributed by atoms with van der Waals surface area (Å²) in [6.45, 7) is 3.10. The fourth-order valence-electron chi connectivity index (χ4n) is 2.56. The molecule has 1 fully saturated rings. The molecule has 1 unspecified atom stereocenters. The van der Waals surface area contributed by atoms with Crippen LogP contribution in [0.25, 0.3) is 0 Å². The van der Waals surface area contributed by atoms with Gasteiger partial charge in [-0.05, 0) is 49.8 Å². The van der Waals surface area contributed by atoms with Crippen molar-refractivity contribution in [3.63, 3.8) is 0 Å². The second-order valence-electron chi connectivity index (χ2n) is 5.87. The van der Waals surface area contributed by atoms with Crippen LogP contribution in [0.1, 0.15) is 32.6 Å². The zero-order valence-electron chi connectivity index (χ0n) is 12.3.